The average molecular weight is 496 g/mol. The van der Waals surface area contributed by atoms with E-state index in [1.54, 1.807) is 10.7 Å². The van der Waals surface area contributed by atoms with E-state index >= 15 is 0 Å². The van der Waals surface area contributed by atoms with Crippen molar-refractivity contribution in [2.45, 2.75) is 36.6 Å². The largest absolute Gasteiger partial charge is 0.340 e. The van der Waals surface area contributed by atoms with E-state index in [9.17, 15) is 4.21 Å². The Morgan fingerprint density at radius 2 is 1.77 bits per heavy atom. The molecule has 0 amide bonds. The van der Waals surface area contributed by atoms with Gasteiger partial charge in [0, 0.05) is 23.4 Å². The molecule has 0 spiro atoms. The molecule has 1 aliphatic carbocycles. The van der Waals surface area contributed by atoms with Crippen LogP contribution < -0.4 is 10.0 Å². The number of rotatable bonds is 6. The zero-order valence-electron chi connectivity index (χ0n) is 16.8. The molecule has 6 nitrogen and oxygen atoms in total. The van der Waals surface area contributed by atoms with Gasteiger partial charge >= 0.3 is 0 Å². The first kappa shape index (κ1) is 20.4. The predicted molar refractivity (Wildman–Crippen MR) is 128 cm³/mol. The second-order valence-electron chi connectivity index (χ2n) is 7.64. The summed E-state index contributed by atoms with van der Waals surface area (Å²) < 4.78 is 18.4. The zero-order chi connectivity index (χ0) is 21.2. The third-order valence-corrected chi connectivity index (χ3v) is 7.28. The van der Waals surface area contributed by atoms with Crippen LogP contribution in [-0.4, -0.2) is 24.8 Å². The lowest BCUT2D eigenvalue weighted by Gasteiger charge is -2.13. The van der Waals surface area contributed by atoms with Gasteiger partial charge in [-0.3, -0.25) is 0 Å². The number of nitrogens with one attached hydrogen (secondary N) is 2. The summed E-state index contributed by atoms with van der Waals surface area (Å²) in [6.45, 7) is 0. The van der Waals surface area contributed by atoms with E-state index in [1.807, 2.05) is 60.7 Å². The monoisotopic (exact) mass is 495 g/mol. The van der Waals surface area contributed by atoms with Crippen molar-refractivity contribution in [1.29, 1.82) is 0 Å². The fourth-order valence-electron chi connectivity index (χ4n) is 3.85. The fourth-order valence-corrected chi connectivity index (χ4v) is 5.26. The minimum absolute atomic E-state index is 0.360. The van der Waals surface area contributed by atoms with Crippen LogP contribution in [-0.2, 0) is 11.0 Å². The molecular weight excluding hydrogens is 474 g/mol. The van der Waals surface area contributed by atoms with Gasteiger partial charge < -0.3 is 5.32 Å². The molecule has 31 heavy (non-hydrogen) atoms. The molecular formula is C23H22BrN5OS. The number of benzene rings is 2. The Labute approximate surface area is 191 Å². The van der Waals surface area contributed by atoms with Crippen LogP contribution in [0.4, 0.5) is 11.5 Å². The molecule has 1 atom stereocenters. The molecule has 5 rings (SSSR count). The Morgan fingerprint density at radius 1 is 1.03 bits per heavy atom. The molecule has 158 valence electrons. The molecule has 1 fully saturated rings. The maximum atomic E-state index is 12.6. The van der Waals surface area contributed by atoms with Gasteiger partial charge in [-0.1, -0.05) is 43.2 Å². The highest BCUT2D eigenvalue weighted by molar-refractivity contribution is 9.10. The molecule has 1 unspecified atom stereocenters. The van der Waals surface area contributed by atoms with Crippen molar-refractivity contribution >= 4 is 44.1 Å². The van der Waals surface area contributed by atoms with E-state index in [0.29, 0.717) is 6.04 Å². The number of halogens is 1. The Bertz CT molecular complexity index is 1220. The first-order valence-electron chi connectivity index (χ1n) is 10.3. The first-order chi connectivity index (χ1) is 15.2. The summed E-state index contributed by atoms with van der Waals surface area (Å²) in [6, 6.07) is 20.1. The van der Waals surface area contributed by atoms with E-state index < -0.39 is 11.0 Å². The quantitative estimate of drug-likeness (QED) is 0.372. The van der Waals surface area contributed by atoms with Crippen molar-refractivity contribution in [1.82, 2.24) is 19.3 Å². The van der Waals surface area contributed by atoms with Crippen LogP contribution in [0.25, 0.3) is 16.9 Å². The number of anilines is 2. The first-order valence-corrected chi connectivity index (χ1v) is 12.3. The van der Waals surface area contributed by atoms with E-state index in [1.165, 1.54) is 12.8 Å². The molecule has 4 aromatic rings. The van der Waals surface area contributed by atoms with E-state index in [0.717, 1.165) is 50.6 Å². The standard InChI is InChI=1S/C23H22BrN5OS/c24-20-15-25-29-22(14-21(27-23(20)29)16-6-2-1-3-7-16)26-17-10-12-19(13-11-17)31(30)28-18-8-4-5-9-18/h1-3,6-7,10-15,18,26,28H,4-5,8-9H2. The lowest BCUT2D eigenvalue weighted by molar-refractivity contribution is 0.617. The maximum absolute atomic E-state index is 12.6. The maximum Gasteiger partial charge on any atom is 0.172 e. The highest BCUT2D eigenvalue weighted by atomic mass is 79.9. The van der Waals surface area contributed by atoms with Crippen LogP contribution in [0.1, 0.15) is 25.7 Å². The van der Waals surface area contributed by atoms with Gasteiger partial charge in [-0.05, 0) is 53.0 Å². The second-order valence-corrected chi connectivity index (χ2v) is 9.74. The molecule has 2 N–H and O–H groups in total. The lowest BCUT2D eigenvalue weighted by Crippen LogP contribution is -2.27. The molecule has 2 aromatic heterocycles. The molecule has 0 saturated heterocycles. The molecule has 0 aliphatic heterocycles. The molecule has 2 heterocycles. The van der Waals surface area contributed by atoms with E-state index in [2.05, 4.69) is 31.1 Å². The zero-order valence-corrected chi connectivity index (χ0v) is 19.2. The topological polar surface area (TPSA) is 71.3 Å². The van der Waals surface area contributed by atoms with Gasteiger partial charge in [0.25, 0.3) is 0 Å². The van der Waals surface area contributed by atoms with Gasteiger partial charge in [0.05, 0.1) is 21.3 Å². The van der Waals surface area contributed by atoms with Crippen LogP contribution in [0.15, 0.2) is 76.2 Å². The molecule has 1 aliphatic rings. The van der Waals surface area contributed by atoms with Crippen molar-refractivity contribution < 1.29 is 4.21 Å². The fraction of sp³-hybridized carbons (Fsp3) is 0.217. The van der Waals surface area contributed by atoms with E-state index in [4.69, 9.17) is 4.98 Å². The van der Waals surface area contributed by atoms with E-state index in [-0.39, 0.29) is 0 Å². The van der Waals surface area contributed by atoms with Crippen molar-refractivity contribution in [3.05, 3.63) is 71.3 Å². The summed E-state index contributed by atoms with van der Waals surface area (Å²) in [5.41, 5.74) is 3.52. The molecule has 1 saturated carbocycles. The lowest BCUT2D eigenvalue weighted by atomic mass is 10.1. The number of nitrogens with zero attached hydrogens (tertiary/aromatic N) is 3. The van der Waals surface area contributed by atoms with Gasteiger partial charge in [-0.2, -0.15) is 9.61 Å². The number of hydrogen-bond donors (Lipinski definition) is 2. The van der Waals surface area contributed by atoms with Crippen molar-refractivity contribution in [2.24, 2.45) is 0 Å². The minimum Gasteiger partial charge on any atom is -0.340 e. The van der Waals surface area contributed by atoms with Crippen LogP contribution in [0.2, 0.25) is 0 Å². The van der Waals surface area contributed by atoms with Crippen molar-refractivity contribution in [3.8, 4) is 11.3 Å². The third-order valence-electron chi connectivity index (χ3n) is 5.47. The highest BCUT2D eigenvalue weighted by Gasteiger charge is 2.18. The summed E-state index contributed by atoms with van der Waals surface area (Å²) in [6.07, 6.45) is 6.38. The summed E-state index contributed by atoms with van der Waals surface area (Å²) >= 11 is 3.54. The number of fused-ring (bicyclic) bond motifs is 1. The van der Waals surface area contributed by atoms with Crippen LogP contribution in [0, 0.1) is 0 Å². The minimum atomic E-state index is -1.19. The van der Waals surface area contributed by atoms with Crippen LogP contribution >= 0.6 is 15.9 Å². The third kappa shape index (κ3) is 4.42. The Kier molecular flexibility index (Phi) is 5.85. The van der Waals surface area contributed by atoms with Gasteiger partial charge in [0.15, 0.2) is 5.65 Å². The number of hydrogen-bond acceptors (Lipinski definition) is 4. The van der Waals surface area contributed by atoms with Gasteiger partial charge in [-0.15, -0.1) is 0 Å². The molecule has 0 bridgehead atoms. The second kappa shape index (κ2) is 8.90. The van der Waals surface area contributed by atoms with Crippen LogP contribution in [0.3, 0.4) is 0 Å². The molecule has 0 radical (unpaired) electrons. The average Bonchev–Trinajstić information content (AvgIpc) is 3.45. The molecule has 2 aromatic carbocycles. The summed E-state index contributed by atoms with van der Waals surface area (Å²) in [5, 5.41) is 7.87. The SMILES string of the molecule is O=S(NC1CCCC1)c1ccc(Nc2cc(-c3ccccc3)nc3c(Br)cnn23)cc1. The Morgan fingerprint density at radius 3 is 2.52 bits per heavy atom. The van der Waals surface area contributed by atoms with Crippen LogP contribution in [0.5, 0.6) is 0 Å². The van der Waals surface area contributed by atoms with Crippen molar-refractivity contribution in [3.63, 3.8) is 0 Å². The molecule has 8 heteroatoms. The summed E-state index contributed by atoms with van der Waals surface area (Å²) in [5.74, 6) is 0.799. The van der Waals surface area contributed by atoms with Gasteiger partial charge in [0.1, 0.15) is 16.8 Å². The van der Waals surface area contributed by atoms with Gasteiger partial charge in [0.2, 0.25) is 0 Å². The summed E-state index contributed by atoms with van der Waals surface area (Å²) in [4.78, 5) is 5.54. The number of aromatic nitrogens is 3. The summed E-state index contributed by atoms with van der Waals surface area (Å²) in [7, 11) is -1.19. The normalized spacial score (nSPS) is 15.4. The van der Waals surface area contributed by atoms with Gasteiger partial charge in [-0.25, -0.2) is 13.9 Å². The smallest absolute Gasteiger partial charge is 0.172 e. The predicted octanol–water partition coefficient (Wildman–Crippen LogP) is 5.46. The van der Waals surface area contributed by atoms with Crippen molar-refractivity contribution in [2.75, 3.05) is 5.32 Å². The Balaban J connectivity index is 1.41. The Hall–Kier alpha value is -2.55. The highest BCUT2D eigenvalue weighted by Crippen LogP contribution is 2.28.